The van der Waals surface area contributed by atoms with Crippen molar-refractivity contribution in [3.8, 4) is 6.07 Å². The number of ether oxygens (including phenoxy) is 1. The molecule has 0 unspecified atom stereocenters. The van der Waals surface area contributed by atoms with Crippen LogP contribution in [0.4, 0.5) is 0 Å². The minimum Gasteiger partial charge on any atom is -0.383 e. The van der Waals surface area contributed by atoms with Crippen LogP contribution in [0.25, 0.3) is 0 Å². The molecule has 1 aromatic rings. The fourth-order valence-electron chi connectivity index (χ4n) is 1.68. The van der Waals surface area contributed by atoms with Gasteiger partial charge in [0.05, 0.1) is 18.4 Å². The van der Waals surface area contributed by atoms with Gasteiger partial charge in [-0.3, -0.25) is 4.98 Å². The van der Waals surface area contributed by atoms with Crippen molar-refractivity contribution in [1.29, 1.82) is 5.26 Å². The van der Waals surface area contributed by atoms with E-state index >= 15 is 0 Å². The molecule has 0 aromatic carbocycles. The van der Waals surface area contributed by atoms with Crippen molar-refractivity contribution >= 4 is 10.0 Å². The Kier molecular flexibility index (Phi) is 7.15. The Hall–Kier alpha value is -1.49. The van der Waals surface area contributed by atoms with Gasteiger partial charge in [-0.15, -0.1) is 0 Å². The third-order valence-corrected chi connectivity index (χ3v) is 4.68. The van der Waals surface area contributed by atoms with Gasteiger partial charge in [0.2, 0.25) is 10.0 Å². The molecule has 0 aliphatic carbocycles. The lowest BCUT2D eigenvalue weighted by molar-refractivity contribution is 0.179. The van der Waals surface area contributed by atoms with Crippen LogP contribution in [0.15, 0.2) is 24.5 Å². The predicted molar refractivity (Wildman–Crippen MR) is 75.4 cm³/mol. The van der Waals surface area contributed by atoms with Crippen molar-refractivity contribution in [1.82, 2.24) is 9.29 Å². The van der Waals surface area contributed by atoms with Crippen molar-refractivity contribution in [3.63, 3.8) is 0 Å². The number of hydrogen-bond acceptors (Lipinski definition) is 5. The highest BCUT2D eigenvalue weighted by Gasteiger charge is 2.21. The average molecular weight is 297 g/mol. The van der Waals surface area contributed by atoms with Crippen LogP contribution in [0.2, 0.25) is 0 Å². The van der Waals surface area contributed by atoms with Crippen molar-refractivity contribution < 1.29 is 13.2 Å². The zero-order valence-electron chi connectivity index (χ0n) is 11.5. The molecule has 0 aliphatic rings. The van der Waals surface area contributed by atoms with Gasteiger partial charge < -0.3 is 4.74 Å². The highest BCUT2D eigenvalue weighted by Crippen LogP contribution is 2.07. The molecule has 0 aliphatic heterocycles. The summed E-state index contributed by atoms with van der Waals surface area (Å²) in [7, 11) is -1.86. The van der Waals surface area contributed by atoms with E-state index in [2.05, 4.69) is 4.98 Å². The molecule has 0 saturated carbocycles. The summed E-state index contributed by atoms with van der Waals surface area (Å²) in [5.74, 6) is 0.0200. The molecule has 0 saturated heterocycles. The van der Waals surface area contributed by atoms with Crippen LogP contribution in [0.3, 0.4) is 0 Å². The molecule has 0 N–H and O–H groups in total. The highest BCUT2D eigenvalue weighted by molar-refractivity contribution is 7.89. The Labute approximate surface area is 120 Å². The Morgan fingerprint density at radius 3 is 2.65 bits per heavy atom. The summed E-state index contributed by atoms with van der Waals surface area (Å²) in [5, 5.41) is 8.60. The molecule has 6 nitrogen and oxygen atoms in total. The van der Waals surface area contributed by atoms with E-state index in [1.807, 2.05) is 6.07 Å². The molecular formula is C13H19N3O3S. The van der Waals surface area contributed by atoms with Gasteiger partial charge in [0.15, 0.2) is 0 Å². The summed E-state index contributed by atoms with van der Waals surface area (Å²) in [6.45, 7) is 0.801. The van der Waals surface area contributed by atoms with E-state index in [1.165, 1.54) is 11.4 Å². The Morgan fingerprint density at radius 1 is 1.35 bits per heavy atom. The number of aryl methyl sites for hydroxylation is 1. The lowest BCUT2D eigenvalue weighted by atomic mass is 10.2. The number of sulfonamides is 1. The van der Waals surface area contributed by atoms with E-state index in [0.717, 1.165) is 5.56 Å². The third-order valence-electron chi connectivity index (χ3n) is 2.81. The van der Waals surface area contributed by atoms with E-state index in [4.69, 9.17) is 10.00 Å². The molecule has 0 fully saturated rings. The standard InChI is InChI=1S/C13H19N3O3S/c1-19-11-10-16(9-2-6-14)20(17,18)12-5-13-3-7-15-8-4-13/h3-4,7-8H,2,5,9-12H2,1H3. The molecular weight excluding hydrogens is 278 g/mol. The summed E-state index contributed by atoms with van der Waals surface area (Å²) in [6, 6.07) is 5.56. The van der Waals surface area contributed by atoms with Gasteiger partial charge in [-0.1, -0.05) is 0 Å². The highest BCUT2D eigenvalue weighted by atomic mass is 32.2. The smallest absolute Gasteiger partial charge is 0.214 e. The first-order chi connectivity index (χ1) is 9.60. The second-order valence-corrected chi connectivity index (χ2v) is 6.31. The lowest BCUT2D eigenvalue weighted by Crippen LogP contribution is -2.36. The number of methoxy groups -OCH3 is 1. The summed E-state index contributed by atoms with van der Waals surface area (Å²) >= 11 is 0. The topological polar surface area (TPSA) is 83.3 Å². The summed E-state index contributed by atoms with van der Waals surface area (Å²) in [6.07, 6.45) is 3.89. The van der Waals surface area contributed by atoms with E-state index < -0.39 is 10.0 Å². The monoisotopic (exact) mass is 297 g/mol. The van der Waals surface area contributed by atoms with Crippen LogP contribution < -0.4 is 0 Å². The van der Waals surface area contributed by atoms with E-state index in [9.17, 15) is 8.42 Å². The van der Waals surface area contributed by atoms with Crippen LogP contribution in [0, 0.1) is 11.3 Å². The fourth-order valence-corrected chi connectivity index (χ4v) is 3.16. The van der Waals surface area contributed by atoms with Crippen molar-refractivity contribution in [2.45, 2.75) is 12.8 Å². The minimum absolute atomic E-state index is 0.0200. The lowest BCUT2D eigenvalue weighted by Gasteiger charge is -2.20. The summed E-state index contributed by atoms with van der Waals surface area (Å²) in [5.41, 5.74) is 0.926. The molecule has 0 radical (unpaired) electrons. The molecule has 1 aromatic heterocycles. The first-order valence-electron chi connectivity index (χ1n) is 6.33. The molecule has 1 heterocycles. The summed E-state index contributed by atoms with van der Waals surface area (Å²) < 4.78 is 30.8. The van der Waals surface area contributed by atoms with Gasteiger partial charge in [-0.2, -0.15) is 9.57 Å². The van der Waals surface area contributed by atoms with Crippen LogP contribution in [-0.4, -0.2) is 50.3 Å². The second kappa shape index (κ2) is 8.64. The van der Waals surface area contributed by atoms with Crippen molar-refractivity contribution in [2.75, 3.05) is 32.6 Å². The number of hydrogen-bond donors (Lipinski definition) is 0. The SMILES string of the molecule is COCCN(CCC#N)S(=O)(=O)CCc1ccncc1. The van der Waals surface area contributed by atoms with Crippen LogP contribution in [0.5, 0.6) is 0 Å². The van der Waals surface area contributed by atoms with Gasteiger partial charge in [0, 0.05) is 39.0 Å². The molecule has 0 spiro atoms. The predicted octanol–water partition coefficient (Wildman–Crippen LogP) is 0.816. The minimum atomic E-state index is -3.38. The van der Waals surface area contributed by atoms with E-state index in [1.54, 1.807) is 24.5 Å². The Bertz CT molecular complexity index is 526. The maximum Gasteiger partial charge on any atom is 0.214 e. The third kappa shape index (κ3) is 5.65. The van der Waals surface area contributed by atoms with E-state index in [0.29, 0.717) is 13.0 Å². The second-order valence-electron chi connectivity index (χ2n) is 4.22. The largest absolute Gasteiger partial charge is 0.383 e. The maximum absolute atomic E-state index is 12.3. The zero-order chi connectivity index (χ0) is 14.8. The number of rotatable bonds is 9. The quantitative estimate of drug-likeness (QED) is 0.673. The normalized spacial score (nSPS) is 11.4. The van der Waals surface area contributed by atoms with Crippen molar-refractivity contribution in [3.05, 3.63) is 30.1 Å². The number of nitrogens with zero attached hydrogens (tertiary/aromatic N) is 3. The maximum atomic E-state index is 12.3. The average Bonchev–Trinajstić information content (AvgIpc) is 2.46. The molecule has 0 amide bonds. The van der Waals surface area contributed by atoms with Gasteiger partial charge in [-0.05, 0) is 24.1 Å². The molecule has 110 valence electrons. The molecule has 7 heteroatoms. The Balaban J connectivity index is 2.64. The number of nitriles is 1. The van der Waals surface area contributed by atoms with Gasteiger partial charge in [0.25, 0.3) is 0 Å². The fraction of sp³-hybridized carbons (Fsp3) is 0.538. The first-order valence-corrected chi connectivity index (χ1v) is 7.93. The molecule has 20 heavy (non-hydrogen) atoms. The van der Waals surface area contributed by atoms with E-state index in [-0.39, 0.29) is 25.3 Å². The zero-order valence-corrected chi connectivity index (χ0v) is 12.3. The molecule has 1 rings (SSSR count). The number of pyridine rings is 1. The van der Waals surface area contributed by atoms with Crippen LogP contribution in [-0.2, 0) is 21.2 Å². The van der Waals surface area contributed by atoms with Crippen molar-refractivity contribution in [2.24, 2.45) is 0 Å². The Morgan fingerprint density at radius 2 is 2.05 bits per heavy atom. The number of aromatic nitrogens is 1. The molecule has 0 bridgehead atoms. The van der Waals surface area contributed by atoms with Gasteiger partial charge in [0.1, 0.15) is 0 Å². The summed E-state index contributed by atoms with van der Waals surface area (Å²) in [4.78, 5) is 3.89. The molecule has 0 atom stereocenters. The van der Waals surface area contributed by atoms with Crippen LogP contribution in [0.1, 0.15) is 12.0 Å². The van der Waals surface area contributed by atoms with Gasteiger partial charge in [-0.25, -0.2) is 8.42 Å². The first kappa shape index (κ1) is 16.6. The van der Waals surface area contributed by atoms with Crippen LogP contribution >= 0.6 is 0 Å². The van der Waals surface area contributed by atoms with Gasteiger partial charge >= 0.3 is 0 Å².